The van der Waals surface area contributed by atoms with E-state index in [0.717, 1.165) is 31.9 Å². The standard InChI is InChI=1S/C21H21FN2O3/c1-26-19-4-2-14(10-15(19)13-22)21-12-18(25)17-11-16(3-5-20(17)27-21)24-8-6-23-7-9-24/h2-5,10-12,23H,6-9,13H2,1H3. The van der Waals surface area contributed by atoms with E-state index in [2.05, 4.69) is 10.2 Å². The molecule has 0 unspecified atom stereocenters. The van der Waals surface area contributed by atoms with Crippen molar-refractivity contribution in [1.82, 2.24) is 5.32 Å². The molecule has 2 aromatic carbocycles. The van der Waals surface area contributed by atoms with Crippen LogP contribution in [-0.4, -0.2) is 33.3 Å². The van der Waals surface area contributed by atoms with Gasteiger partial charge in [0, 0.05) is 49.1 Å². The van der Waals surface area contributed by atoms with Gasteiger partial charge in [0.05, 0.1) is 12.5 Å². The van der Waals surface area contributed by atoms with Gasteiger partial charge in [0.15, 0.2) is 5.43 Å². The number of methoxy groups -OCH3 is 1. The Bertz CT molecular complexity index is 1030. The summed E-state index contributed by atoms with van der Waals surface area (Å²) >= 11 is 0. The summed E-state index contributed by atoms with van der Waals surface area (Å²) < 4.78 is 24.3. The zero-order valence-electron chi connectivity index (χ0n) is 15.1. The van der Waals surface area contributed by atoms with E-state index < -0.39 is 6.67 Å². The molecule has 1 aliphatic rings. The van der Waals surface area contributed by atoms with Crippen LogP contribution >= 0.6 is 0 Å². The van der Waals surface area contributed by atoms with Crippen molar-refractivity contribution < 1.29 is 13.5 Å². The molecule has 140 valence electrons. The lowest BCUT2D eigenvalue weighted by Crippen LogP contribution is -2.43. The van der Waals surface area contributed by atoms with Gasteiger partial charge in [-0.1, -0.05) is 0 Å². The van der Waals surface area contributed by atoms with E-state index in [-0.39, 0.29) is 5.43 Å². The fraction of sp³-hybridized carbons (Fsp3) is 0.286. The third-order valence-corrected chi connectivity index (χ3v) is 4.90. The summed E-state index contributed by atoms with van der Waals surface area (Å²) in [5, 5.41) is 3.87. The van der Waals surface area contributed by atoms with Crippen LogP contribution in [0.1, 0.15) is 5.56 Å². The number of benzene rings is 2. The first-order valence-electron chi connectivity index (χ1n) is 8.96. The maximum Gasteiger partial charge on any atom is 0.193 e. The molecule has 1 saturated heterocycles. The van der Waals surface area contributed by atoms with Crippen molar-refractivity contribution in [2.24, 2.45) is 0 Å². The Morgan fingerprint density at radius 3 is 2.70 bits per heavy atom. The molecule has 0 spiro atoms. The van der Waals surface area contributed by atoms with E-state index in [1.54, 1.807) is 18.2 Å². The fourth-order valence-electron chi connectivity index (χ4n) is 3.44. The molecule has 5 nitrogen and oxygen atoms in total. The maximum atomic E-state index is 13.2. The predicted molar refractivity (Wildman–Crippen MR) is 104 cm³/mol. The van der Waals surface area contributed by atoms with E-state index >= 15 is 0 Å². The highest BCUT2D eigenvalue weighted by molar-refractivity contribution is 5.82. The van der Waals surface area contributed by atoms with E-state index in [0.29, 0.717) is 33.6 Å². The average Bonchev–Trinajstić information content (AvgIpc) is 2.73. The van der Waals surface area contributed by atoms with Gasteiger partial charge >= 0.3 is 0 Å². The number of ether oxygens (including phenoxy) is 1. The lowest BCUT2D eigenvalue weighted by molar-refractivity contribution is 0.394. The second-order valence-electron chi connectivity index (χ2n) is 6.55. The van der Waals surface area contributed by atoms with E-state index in [1.807, 2.05) is 18.2 Å². The van der Waals surface area contributed by atoms with Crippen LogP contribution in [0.3, 0.4) is 0 Å². The van der Waals surface area contributed by atoms with Crippen LogP contribution in [0.2, 0.25) is 0 Å². The summed E-state index contributed by atoms with van der Waals surface area (Å²) in [5.74, 6) is 0.893. The van der Waals surface area contributed by atoms with Gasteiger partial charge in [0.1, 0.15) is 23.8 Å². The smallest absolute Gasteiger partial charge is 0.193 e. The Balaban J connectivity index is 1.75. The molecule has 6 heteroatoms. The molecule has 0 bridgehead atoms. The molecule has 2 heterocycles. The van der Waals surface area contributed by atoms with Crippen molar-refractivity contribution in [3.05, 3.63) is 58.3 Å². The normalized spacial score (nSPS) is 14.5. The molecule has 1 aliphatic heterocycles. The minimum atomic E-state index is -0.650. The van der Waals surface area contributed by atoms with Gasteiger partial charge in [-0.25, -0.2) is 4.39 Å². The molecule has 27 heavy (non-hydrogen) atoms. The maximum absolute atomic E-state index is 13.2. The van der Waals surface area contributed by atoms with Crippen molar-refractivity contribution in [3.63, 3.8) is 0 Å². The monoisotopic (exact) mass is 368 g/mol. The SMILES string of the molecule is COc1ccc(-c2cc(=O)c3cc(N4CCNCC4)ccc3o2)cc1CF. The Morgan fingerprint density at radius 2 is 1.96 bits per heavy atom. The third kappa shape index (κ3) is 3.40. The molecule has 0 aliphatic carbocycles. The number of fused-ring (bicyclic) bond motifs is 1. The summed E-state index contributed by atoms with van der Waals surface area (Å²) in [7, 11) is 1.50. The van der Waals surface area contributed by atoms with E-state index in [1.165, 1.54) is 13.2 Å². The number of hydrogen-bond donors (Lipinski definition) is 1. The van der Waals surface area contributed by atoms with Crippen LogP contribution in [0, 0.1) is 0 Å². The minimum Gasteiger partial charge on any atom is -0.496 e. The van der Waals surface area contributed by atoms with Crippen molar-refractivity contribution in [2.45, 2.75) is 6.67 Å². The second kappa shape index (κ2) is 7.40. The summed E-state index contributed by atoms with van der Waals surface area (Å²) in [5.41, 5.74) is 2.50. The van der Waals surface area contributed by atoms with Gasteiger partial charge < -0.3 is 19.4 Å². The largest absolute Gasteiger partial charge is 0.496 e. The molecule has 0 atom stereocenters. The Labute approximate surface area is 156 Å². The number of nitrogens with one attached hydrogen (secondary N) is 1. The van der Waals surface area contributed by atoms with Crippen LogP contribution in [0.4, 0.5) is 10.1 Å². The van der Waals surface area contributed by atoms with Crippen molar-refractivity contribution in [1.29, 1.82) is 0 Å². The molecule has 3 aromatic rings. The summed E-state index contributed by atoms with van der Waals surface area (Å²) in [6.45, 7) is 3.03. The van der Waals surface area contributed by atoms with Gasteiger partial charge in [-0.05, 0) is 36.4 Å². The molecule has 0 amide bonds. The van der Waals surface area contributed by atoms with Crippen LogP contribution in [0.5, 0.6) is 5.75 Å². The highest BCUT2D eigenvalue weighted by atomic mass is 19.1. The summed E-state index contributed by atoms with van der Waals surface area (Å²) in [6, 6.07) is 12.3. The Hall–Kier alpha value is -2.86. The number of hydrogen-bond acceptors (Lipinski definition) is 5. The van der Waals surface area contributed by atoms with Gasteiger partial charge in [0.25, 0.3) is 0 Å². The highest BCUT2D eigenvalue weighted by Crippen LogP contribution is 2.29. The quantitative estimate of drug-likeness (QED) is 0.765. The first-order chi connectivity index (χ1) is 13.2. The Kier molecular flexibility index (Phi) is 4.81. The van der Waals surface area contributed by atoms with Gasteiger partial charge in [-0.3, -0.25) is 4.79 Å². The van der Waals surface area contributed by atoms with Gasteiger partial charge in [-0.2, -0.15) is 0 Å². The van der Waals surface area contributed by atoms with Crippen LogP contribution < -0.4 is 20.4 Å². The van der Waals surface area contributed by atoms with Crippen molar-refractivity contribution >= 4 is 16.7 Å². The molecular weight excluding hydrogens is 347 g/mol. The number of halogens is 1. The molecule has 4 rings (SSSR count). The summed E-state index contributed by atoms with van der Waals surface area (Å²) in [6.07, 6.45) is 0. The first kappa shape index (κ1) is 17.5. The third-order valence-electron chi connectivity index (χ3n) is 4.90. The summed E-state index contributed by atoms with van der Waals surface area (Å²) in [4.78, 5) is 14.9. The number of piperazine rings is 1. The molecule has 0 saturated carbocycles. The average molecular weight is 368 g/mol. The molecule has 1 fully saturated rings. The predicted octanol–water partition coefficient (Wildman–Crippen LogP) is 3.35. The van der Waals surface area contributed by atoms with Crippen LogP contribution in [0.15, 0.2) is 51.7 Å². The lowest BCUT2D eigenvalue weighted by Gasteiger charge is -2.29. The van der Waals surface area contributed by atoms with Crippen molar-refractivity contribution in [2.75, 3.05) is 38.2 Å². The first-order valence-corrected chi connectivity index (χ1v) is 8.96. The highest BCUT2D eigenvalue weighted by Gasteiger charge is 2.14. The molecular formula is C21H21FN2O3. The van der Waals surface area contributed by atoms with E-state index in [9.17, 15) is 9.18 Å². The number of alkyl halides is 1. The number of rotatable bonds is 4. The zero-order valence-corrected chi connectivity index (χ0v) is 15.1. The zero-order chi connectivity index (χ0) is 18.8. The minimum absolute atomic E-state index is 0.110. The van der Waals surface area contributed by atoms with Crippen molar-refractivity contribution in [3.8, 4) is 17.1 Å². The van der Waals surface area contributed by atoms with Crippen LogP contribution in [0.25, 0.3) is 22.3 Å². The van der Waals surface area contributed by atoms with Crippen LogP contribution in [-0.2, 0) is 6.67 Å². The Morgan fingerprint density at radius 1 is 1.15 bits per heavy atom. The van der Waals surface area contributed by atoms with E-state index in [4.69, 9.17) is 9.15 Å². The second-order valence-corrected chi connectivity index (χ2v) is 6.55. The topological polar surface area (TPSA) is 54.7 Å². The molecule has 0 radical (unpaired) electrons. The fourth-order valence-corrected chi connectivity index (χ4v) is 3.44. The molecule has 1 aromatic heterocycles. The number of anilines is 1. The van der Waals surface area contributed by atoms with Gasteiger partial charge in [-0.15, -0.1) is 0 Å². The van der Waals surface area contributed by atoms with Gasteiger partial charge in [0.2, 0.25) is 0 Å². The number of nitrogens with zero attached hydrogens (tertiary/aromatic N) is 1. The lowest BCUT2D eigenvalue weighted by atomic mass is 10.1. The molecule has 1 N–H and O–H groups in total.